The van der Waals surface area contributed by atoms with Gasteiger partial charge >= 0.3 is 0 Å². The van der Waals surface area contributed by atoms with Gasteiger partial charge in [0.05, 0.1) is 0 Å². The molecule has 60 valence electrons. The van der Waals surface area contributed by atoms with E-state index in [1.165, 1.54) is 0 Å². The molecule has 1 saturated heterocycles. The first-order valence-corrected chi connectivity index (χ1v) is 4.28. The Morgan fingerprint density at radius 3 is 2.60 bits per heavy atom. The van der Waals surface area contributed by atoms with Crippen LogP contribution in [0.2, 0.25) is 0 Å². The van der Waals surface area contributed by atoms with Gasteiger partial charge in [0.25, 0.3) is 5.92 Å². The number of piperidine rings is 1. The van der Waals surface area contributed by atoms with Crippen molar-refractivity contribution >= 4 is 22.9 Å². The molecule has 0 aromatic rings. The Morgan fingerprint density at radius 2 is 2.20 bits per heavy atom. The molecule has 0 aliphatic carbocycles. The number of halogens is 3. The summed E-state index contributed by atoms with van der Waals surface area (Å²) in [7, 11) is 0. The number of rotatable bonds is 0. The largest absolute Gasteiger partial charge is 0.250 e. The van der Waals surface area contributed by atoms with Gasteiger partial charge in [0.2, 0.25) is 0 Å². The lowest BCUT2D eigenvalue weighted by Crippen LogP contribution is -2.39. The van der Waals surface area contributed by atoms with Crippen LogP contribution in [-0.2, 0) is 0 Å². The van der Waals surface area contributed by atoms with Gasteiger partial charge in [-0.3, -0.25) is 0 Å². The van der Waals surface area contributed by atoms with Gasteiger partial charge in [-0.2, -0.15) is 0 Å². The zero-order valence-electron chi connectivity index (χ0n) is 5.78. The van der Waals surface area contributed by atoms with Gasteiger partial charge in [0.1, 0.15) is 0 Å². The molecule has 1 rings (SSSR count). The standard InChI is InChI=1S/C6H10F2IN/c1-5-4-6(7,8)2-3-10(5)9/h5H,2-4H2,1H3. The SMILES string of the molecule is CC1CC(F)(F)CCN1I. The van der Waals surface area contributed by atoms with Crippen LogP contribution in [0, 0.1) is 0 Å². The van der Waals surface area contributed by atoms with Crippen LogP contribution in [0.15, 0.2) is 0 Å². The third-order valence-corrected chi connectivity index (χ3v) is 3.20. The van der Waals surface area contributed by atoms with Crippen molar-refractivity contribution in [1.82, 2.24) is 3.11 Å². The minimum absolute atomic E-state index is 0.00986. The summed E-state index contributed by atoms with van der Waals surface area (Å²) < 4.78 is 27.1. The zero-order valence-corrected chi connectivity index (χ0v) is 7.94. The Hall–Kier alpha value is 0.550. The van der Waals surface area contributed by atoms with Crippen molar-refractivity contribution in [3.8, 4) is 0 Å². The Kier molecular flexibility index (Phi) is 2.50. The van der Waals surface area contributed by atoms with Crippen LogP contribution >= 0.6 is 22.9 Å². The zero-order chi connectivity index (χ0) is 7.78. The second-order valence-electron chi connectivity index (χ2n) is 2.78. The predicted molar refractivity (Wildman–Crippen MR) is 44.4 cm³/mol. The van der Waals surface area contributed by atoms with Gasteiger partial charge in [0.15, 0.2) is 0 Å². The monoisotopic (exact) mass is 261 g/mol. The number of nitrogens with zero attached hydrogens (tertiary/aromatic N) is 1. The summed E-state index contributed by atoms with van der Waals surface area (Å²) in [4.78, 5) is 0. The lowest BCUT2D eigenvalue weighted by molar-refractivity contribution is -0.0518. The van der Waals surface area contributed by atoms with Crippen LogP contribution in [0.3, 0.4) is 0 Å². The average molecular weight is 261 g/mol. The highest BCUT2D eigenvalue weighted by Crippen LogP contribution is 2.32. The van der Waals surface area contributed by atoms with Crippen LogP contribution < -0.4 is 0 Å². The molecule has 1 nitrogen and oxygen atoms in total. The van der Waals surface area contributed by atoms with Gasteiger partial charge in [-0.25, -0.2) is 11.9 Å². The second kappa shape index (κ2) is 2.89. The Labute approximate surface area is 73.3 Å². The minimum atomic E-state index is -2.42. The Bertz CT molecular complexity index is 129. The number of alkyl halides is 2. The van der Waals surface area contributed by atoms with E-state index < -0.39 is 5.92 Å². The molecule has 1 atom stereocenters. The van der Waals surface area contributed by atoms with E-state index in [2.05, 4.69) is 22.9 Å². The summed E-state index contributed by atoms with van der Waals surface area (Å²) in [5, 5.41) is 0. The topological polar surface area (TPSA) is 3.24 Å². The first kappa shape index (κ1) is 8.64. The highest BCUT2D eigenvalue weighted by Gasteiger charge is 2.37. The van der Waals surface area contributed by atoms with Crippen molar-refractivity contribution in [2.75, 3.05) is 6.54 Å². The second-order valence-corrected chi connectivity index (χ2v) is 4.02. The third kappa shape index (κ3) is 2.02. The Balaban J connectivity index is 2.49. The van der Waals surface area contributed by atoms with Gasteiger partial charge in [0, 0.05) is 48.3 Å². The van der Waals surface area contributed by atoms with Crippen LogP contribution in [0.1, 0.15) is 19.8 Å². The summed E-state index contributed by atoms with van der Waals surface area (Å²) in [6.45, 7) is 2.34. The van der Waals surface area contributed by atoms with Crippen molar-refractivity contribution in [2.45, 2.75) is 31.7 Å². The molecule has 0 spiro atoms. The molecule has 10 heavy (non-hydrogen) atoms. The third-order valence-electron chi connectivity index (χ3n) is 1.76. The molecule has 1 heterocycles. The quantitative estimate of drug-likeness (QED) is 0.478. The summed E-state index contributed by atoms with van der Waals surface area (Å²) in [6, 6.07) is 0.0179. The van der Waals surface area contributed by atoms with E-state index in [4.69, 9.17) is 0 Å². The highest BCUT2D eigenvalue weighted by molar-refractivity contribution is 14.1. The maximum absolute atomic E-state index is 12.6. The van der Waals surface area contributed by atoms with E-state index in [0.29, 0.717) is 6.54 Å². The summed E-state index contributed by atoms with van der Waals surface area (Å²) in [5.74, 6) is -2.42. The molecule has 4 heteroatoms. The lowest BCUT2D eigenvalue weighted by atomic mass is 10.0. The molecule has 0 bridgehead atoms. The van der Waals surface area contributed by atoms with E-state index in [-0.39, 0.29) is 18.9 Å². The molecule has 0 radical (unpaired) electrons. The van der Waals surface area contributed by atoms with E-state index >= 15 is 0 Å². The summed E-state index contributed by atoms with van der Waals surface area (Å²) in [5.41, 5.74) is 0. The van der Waals surface area contributed by atoms with Gasteiger partial charge in [-0.15, -0.1) is 0 Å². The fourth-order valence-electron chi connectivity index (χ4n) is 1.12. The normalized spacial score (nSPS) is 34.2. The van der Waals surface area contributed by atoms with E-state index in [1.807, 2.05) is 10.0 Å². The highest BCUT2D eigenvalue weighted by atomic mass is 127. The van der Waals surface area contributed by atoms with Crippen molar-refractivity contribution in [3.05, 3.63) is 0 Å². The van der Waals surface area contributed by atoms with Crippen molar-refractivity contribution in [2.24, 2.45) is 0 Å². The van der Waals surface area contributed by atoms with Gasteiger partial charge in [-0.05, 0) is 6.92 Å². The molecule has 1 fully saturated rings. The van der Waals surface area contributed by atoms with Crippen LogP contribution in [-0.4, -0.2) is 21.6 Å². The molecule has 1 aliphatic rings. The molecule has 1 aliphatic heterocycles. The Morgan fingerprint density at radius 1 is 1.60 bits per heavy atom. The maximum atomic E-state index is 12.6. The van der Waals surface area contributed by atoms with E-state index in [0.717, 1.165) is 0 Å². The number of hydrogen-bond donors (Lipinski definition) is 0. The van der Waals surface area contributed by atoms with E-state index in [1.54, 1.807) is 0 Å². The fourth-order valence-corrected chi connectivity index (χ4v) is 1.56. The maximum Gasteiger partial charge on any atom is 0.250 e. The molecule has 1 unspecified atom stereocenters. The van der Waals surface area contributed by atoms with Crippen molar-refractivity contribution in [3.63, 3.8) is 0 Å². The molecule has 0 aromatic carbocycles. The lowest BCUT2D eigenvalue weighted by Gasteiger charge is -2.32. The molecule has 0 N–H and O–H groups in total. The smallest absolute Gasteiger partial charge is 0.244 e. The number of hydrogen-bond acceptors (Lipinski definition) is 1. The van der Waals surface area contributed by atoms with Crippen molar-refractivity contribution in [1.29, 1.82) is 0 Å². The fraction of sp³-hybridized carbons (Fsp3) is 1.00. The van der Waals surface area contributed by atoms with Crippen LogP contribution in [0.25, 0.3) is 0 Å². The summed E-state index contributed by atoms with van der Waals surface area (Å²) in [6.07, 6.45) is 0.0240. The molecular formula is C6H10F2IN. The first-order valence-electron chi connectivity index (χ1n) is 3.31. The average Bonchev–Trinajstić information content (AvgIpc) is 1.79. The predicted octanol–water partition coefficient (Wildman–Crippen LogP) is 2.46. The minimum Gasteiger partial charge on any atom is -0.244 e. The van der Waals surface area contributed by atoms with Crippen LogP contribution in [0.4, 0.5) is 8.78 Å². The van der Waals surface area contributed by atoms with E-state index in [9.17, 15) is 8.78 Å². The molecular weight excluding hydrogens is 251 g/mol. The van der Waals surface area contributed by atoms with Gasteiger partial charge < -0.3 is 0 Å². The molecule has 0 aromatic heterocycles. The molecule has 0 amide bonds. The molecule has 0 saturated carbocycles. The van der Waals surface area contributed by atoms with Crippen molar-refractivity contribution < 1.29 is 8.78 Å². The first-order chi connectivity index (χ1) is 4.51. The van der Waals surface area contributed by atoms with Crippen LogP contribution in [0.5, 0.6) is 0 Å². The summed E-state index contributed by atoms with van der Waals surface area (Å²) >= 11 is 2.10. The van der Waals surface area contributed by atoms with Gasteiger partial charge in [-0.1, -0.05) is 0 Å².